The number of benzene rings is 2. The van der Waals surface area contributed by atoms with Gasteiger partial charge >= 0.3 is 0 Å². The summed E-state index contributed by atoms with van der Waals surface area (Å²) in [6.45, 7) is 4.09. The zero-order valence-electron chi connectivity index (χ0n) is 16.5. The van der Waals surface area contributed by atoms with Gasteiger partial charge in [-0.1, -0.05) is 29.8 Å². The first kappa shape index (κ1) is 21.6. The quantitative estimate of drug-likeness (QED) is 0.726. The van der Waals surface area contributed by atoms with E-state index in [0.29, 0.717) is 16.5 Å². The van der Waals surface area contributed by atoms with E-state index in [1.54, 1.807) is 25.2 Å². The van der Waals surface area contributed by atoms with Crippen molar-refractivity contribution in [3.8, 4) is 11.5 Å². The van der Waals surface area contributed by atoms with Crippen LogP contribution in [0.4, 0.5) is 5.69 Å². The molecular weight excluding hydrogens is 380 g/mol. The van der Waals surface area contributed by atoms with Crippen LogP contribution in [0.25, 0.3) is 0 Å². The lowest BCUT2D eigenvalue weighted by atomic mass is 10.1. The highest BCUT2D eigenvalue weighted by Gasteiger charge is 2.15. The van der Waals surface area contributed by atoms with Crippen LogP contribution < -0.4 is 14.8 Å². The molecule has 0 saturated carbocycles. The molecule has 0 heterocycles. The first-order valence-corrected chi connectivity index (χ1v) is 9.26. The van der Waals surface area contributed by atoms with Crippen molar-refractivity contribution < 1.29 is 19.1 Å². The number of halogens is 1. The molecule has 0 spiro atoms. The van der Waals surface area contributed by atoms with Crippen LogP contribution in [-0.2, 0) is 9.59 Å². The summed E-state index contributed by atoms with van der Waals surface area (Å²) in [5.41, 5.74) is 2.51. The minimum atomic E-state index is -0.341. The van der Waals surface area contributed by atoms with Gasteiger partial charge in [-0.05, 0) is 43.2 Å². The van der Waals surface area contributed by atoms with E-state index in [2.05, 4.69) is 5.32 Å². The van der Waals surface area contributed by atoms with E-state index in [4.69, 9.17) is 21.1 Å². The summed E-state index contributed by atoms with van der Waals surface area (Å²) >= 11 is 5.96. The number of amides is 2. The molecule has 2 rings (SSSR count). The van der Waals surface area contributed by atoms with Gasteiger partial charge in [-0.2, -0.15) is 0 Å². The lowest BCUT2D eigenvalue weighted by Crippen LogP contribution is -2.35. The van der Waals surface area contributed by atoms with Crippen LogP contribution in [-0.4, -0.2) is 44.0 Å². The van der Waals surface area contributed by atoms with E-state index in [-0.39, 0.29) is 31.4 Å². The number of methoxy groups -OCH3 is 1. The maximum absolute atomic E-state index is 12.3. The molecule has 0 aliphatic rings. The Kier molecular flexibility index (Phi) is 7.70. The standard InChI is InChI=1S/C21H25ClN2O4/c1-14-6-5-7-15(2)21(14)28-11-10-20(26)24(3)13-19(25)23-17-12-16(22)8-9-18(17)27-4/h5-9,12H,10-11,13H2,1-4H3,(H,23,25). The Bertz CT molecular complexity index is 834. The first-order valence-electron chi connectivity index (χ1n) is 8.88. The number of carbonyl (C=O) groups excluding carboxylic acids is 2. The fourth-order valence-corrected chi connectivity index (χ4v) is 2.90. The van der Waals surface area contributed by atoms with Crippen LogP contribution >= 0.6 is 11.6 Å². The number of anilines is 1. The molecule has 0 aromatic heterocycles. The third-order valence-corrected chi connectivity index (χ3v) is 4.45. The molecule has 0 aliphatic carbocycles. The number of likely N-dealkylation sites (N-methyl/N-ethyl adjacent to an activating group) is 1. The number of para-hydroxylation sites is 1. The van der Waals surface area contributed by atoms with Gasteiger partial charge in [-0.15, -0.1) is 0 Å². The summed E-state index contributed by atoms with van der Waals surface area (Å²) in [7, 11) is 3.08. The molecule has 0 fully saturated rings. The predicted octanol–water partition coefficient (Wildman–Crippen LogP) is 3.83. The number of nitrogens with one attached hydrogen (secondary N) is 1. The molecule has 6 nitrogen and oxygen atoms in total. The van der Waals surface area contributed by atoms with Crippen molar-refractivity contribution in [2.75, 3.05) is 32.6 Å². The molecule has 28 heavy (non-hydrogen) atoms. The largest absolute Gasteiger partial charge is 0.495 e. The summed E-state index contributed by atoms with van der Waals surface area (Å²) in [6, 6.07) is 10.8. The lowest BCUT2D eigenvalue weighted by Gasteiger charge is -2.18. The van der Waals surface area contributed by atoms with Crippen molar-refractivity contribution in [2.24, 2.45) is 0 Å². The summed E-state index contributed by atoms with van der Waals surface area (Å²) in [6.07, 6.45) is 0.179. The van der Waals surface area contributed by atoms with Gasteiger partial charge in [0.2, 0.25) is 11.8 Å². The molecule has 1 N–H and O–H groups in total. The summed E-state index contributed by atoms with van der Waals surface area (Å²) in [4.78, 5) is 25.9. The predicted molar refractivity (Wildman–Crippen MR) is 110 cm³/mol. The highest BCUT2D eigenvalue weighted by molar-refractivity contribution is 6.31. The Hall–Kier alpha value is -2.73. The second-order valence-corrected chi connectivity index (χ2v) is 6.90. The van der Waals surface area contributed by atoms with Crippen molar-refractivity contribution in [2.45, 2.75) is 20.3 Å². The number of aryl methyl sites for hydroxylation is 2. The van der Waals surface area contributed by atoms with E-state index < -0.39 is 0 Å². The van der Waals surface area contributed by atoms with Crippen molar-refractivity contribution in [3.05, 3.63) is 52.5 Å². The monoisotopic (exact) mass is 404 g/mol. The number of hydrogen-bond acceptors (Lipinski definition) is 4. The third kappa shape index (κ3) is 5.89. The first-order chi connectivity index (χ1) is 13.3. The molecule has 0 radical (unpaired) electrons. The molecule has 2 aromatic carbocycles. The van der Waals surface area contributed by atoms with Crippen LogP contribution in [0, 0.1) is 13.8 Å². The maximum Gasteiger partial charge on any atom is 0.244 e. The fraction of sp³-hybridized carbons (Fsp3) is 0.333. The molecule has 2 amide bonds. The topological polar surface area (TPSA) is 67.9 Å². The second-order valence-electron chi connectivity index (χ2n) is 6.46. The van der Waals surface area contributed by atoms with Gasteiger partial charge < -0.3 is 19.7 Å². The normalized spacial score (nSPS) is 10.3. The minimum Gasteiger partial charge on any atom is -0.495 e. The average Bonchev–Trinajstić information content (AvgIpc) is 2.64. The van der Waals surface area contributed by atoms with Gasteiger partial charge in [0.05, 0.1) is 32.4 Å². The van der Waals surface area contributed by atoms with E-state index in [1.807, 2.05) is 32.0 Å². The van der Waals surface area contributed by atoms with Gasteiger partial charge in [-0.3, -0.25) is 9.59 Å². The highest BCUT2D eigenvalue weighted by atomic mass is 35.5. The second kappa shape index (κ2) is 9.99. The van der Waals surface area contributed by atoms with Crippen LogP contribution in [0.2, 0.25) is 5.02 Å². The van der Waals surface area contributed by atoms with Gasteiger partial charge in [0.15, 0.2) is 0 Å². The van der Waals surface area contributed by atoms with Crippen molar-refractivity contribution >= 4 is 29.1 Å². The molecule has 150 valence electrons. The summed E-state index contributed by atoms with van der Waals surface area (Å²) in [5.74, 6) is 0.768. The molecule has 0 unspecified atom stereocenters. The number of rotatable bonds is 8. The Morgan fingerprint density at radius 3 is 2.46 bits per heavy atom. The van der Waals surface area contributed by atoms with E-state index in [9.17, 15) is 9.59 Å². The maximum atomic E-state index is 12.3. The van der Waals surface area contributed by atoms with Gasteiger partial charge in [0.25, 0.3) is 0 Å². The zero-order chi connectivity index (χ0) is 20.7. The summed E-state index contributed by atoms with van der Waals surface area (Å²) in [5, 5.41) is 3.19. The minimum absolute atomic E-state index is 0.0854. The average molecular weight is 405 g/mol. The molecule has 0 bridgehead atoms. The number of hydrogen-bond donors (Lipinski definition) is 1. The molecule has 0 aliphatic heterocycles. The number of nitrogens with zero attached hydrogens (tertiary/aromatic N) is 1. The van der Waals surface area contributed by atoms with Gasteiger partial charge in [-0.25, -0.2) is 0 Å². The molecule has 0 atom stereocenters. The van der Waals surface area contributed by atoms with E-state index >= 15 is 0 Å². The molecule has 7 heteroatoms. The Labute approximate surface area is 170 Å². The number of carbonyl (C=O) groups is 2. The van der Waals surface area contributed by atoms with Crippen LogP contribution in [0.3, 0.4) is 0 Å². The highest BCUT2D eigenvalue weighted by Crippen LogP contribution is 2.27. The van der Waals surface area contributed by atoms with E-state index in [1.165, 1.54) is 12.0 Å². The molecule has 0 saturated heterocycles. The van der Waals surface area contributed by atoms with Crippen molar-refractivity contribution in [1.82, 2.24) is 4.90 Å². The fourth-order valence-electron chi connectivity index (χ4n) is 2.73. The zero-order valence-corrected chi connectivity index (χ0v) is 17.3. The molecule has 2 aromatic rings. The molecular formula is C21H25ClN2O4. The van der Waals surface area contributed by atoms with Gasteiger partial charge in [0.1, 0.15) is 11.5 Å². The van der Waals surface area contributed by atoms with Crippen LogP contribution in [0.15, 0.2) is 36.4 Å². The number of ether oxygens (including phenoxy) is 2. The Balaban J connectivity index is 1.85. The lowest BCUT2D eigenvalue weighted by molar-refractivity contribution is -0.133. The van der Waals surface area contributed by atoms with Gasteiger partial charge in [0, 0.05) is 12.1 Å². The van der Waals surface area contributed by atoms with Crippen LogP contribution in [0.5, 0.6) is 11.5 Å². The Morgan fingerprint density at radius 2 is 1.82 bits per heavy atom. The van der Waals surface area contributed by atoms with Crippen molar-refractivity contribution in [1.29, 1.82) is 0 Å². The third-order valence-electron chi connectivity index (χ3n) is 4.21. The SMILES string of the molecule is COc1ccc(Cl)cc1NC(=O)CN(C)C(=O)CCOc1c(C)cccc1C. The Morgan fingerprint density at radius 1 is 1.14 bits per heavy atom. The van der Waals surface area contributed by atoms with Crippen molar-refractivity contribution in [3.63, 3.8) is 0 Å². The summed E-state index contributed by atoms with van der Waals surface area (Å²) < 4.78 is 11.0. The smallest absolute Gasteiger partial charge is 0.244 e. The van der Waals surface area contributed by atoms with E-state index in [0.717, 1.165) is 16.9 Å². The van der Waals surface area contributed by atoms with Crippen LogP contribution in [0.1, 0.15) is 17.5 Å².